The highest BCUT2D eigenvalue weighted by Gasteiger charge is 2.16. The lowest BCUT2D eigenvalue weighted by atomic mass is 10.1. The van der Waals surface area contributed by atoms with Gasteiger partial charge in [0.05, 0.1) is 13.2 Å². The van der Waals surface area contributed by atoms with Crippen LogP contribution in [-0.2, 0) is 11.2 Å². The fourth-order valence-corrected chi connectivity index (χ4v) is 2.08. The minimum Gasteiger partial charge on any atom is -0.378 e. The number of morpholine rings is 1. The van der Waals surface area contributed by atoms with Gasteiger partial charge in [-0.1, -0.05) is 20.8 Å². The van der Waals surface area contributed by atoms with Crippen LogP contribution in [0.5, 0.6) is 0 Å². The van der Waals surface area contributed by atoms with Crippen molar-refractivity contribution >= 4 is 11.9 Å². The minimum absolute atomic E-state index is 0.536. The number of hydrogen-bond acceptors (Lipinski definition) is 6. The summed E-state index contributed by atoms with van der Waals surface area (Å²) in [7, 11) is 0. The van der Waals surface area contributed by atoms with E-state index in [9.17, 15) is 0 Å². The highest BCUT2D eigenvalue weighted by molar-refractivity contribution is 5.37. The summed E-state index contributed by atoms with van der Waals surface area (Å²) in [6.45, 7) is 10.5. The number of nitrogens with one attached hydrogen (secondary N) is 1. The third-order valence-electron chi connectivity index (χ3n) is 3.09. The van der Waals surface area contributed by atoms with Crippen LogP contribution in [0.15, 0.2) is 0 Å². The average Bonchev–Trinajstić information content (AvgIpc) is 2.45. The molecule has 0 aromatic carbocycles. The highest BCUT2D eigenvalue weighted by atomic mass is 16.5. The molecule has 1 N–H and O–H groups in total. The summed E-state index contributed by atoms with van der Waals surface area (Å²) in [6.07, 6.45) is 1.93. The Morgan fingerprint density at radius 3 is 2.60 bits per heavy atom. The normalized spacial score (nSPS) is 15.7. The van der Waals surface area contributed by atoms with E-state index in [2.05, 4.69) is 45.9 Å². The molecule has 1 aliphatic rings. The molecule has 1 aromatic rings. The Balaban J connectivity index is 2.19. The van der Waals surface area contributed by atoms with Gasteiger partial charge in [-0.05, 0) is 12.3 Å². The third kappa shape index (κ3) is 4.30. The molecule has 1 aromatic heterocycles. The van der Waals surface area contributed by atoms with E-state index in [0.29, 0.717) is 11.9 Å². The van der Waals surface area contributed by atoms with Gasteiger partial charge in [-0.3, -0.25) is 0 Å². The summed E-state index contributed by atoms with van der Waals surface area (Å²) in [6, 6.07) is 0. The van der Waals surface area contributed by atoms with Crippen LogP contribution in [0.3, 0.4) is 0 Å². The Hall–Kier alpha value is -1.43. The lowest BCUT2D eigenvalue weighted by molar-refractivity contribution is 0.122. The molecule has 20 heavy (non-hydrogen) atoms. The standard InChI is InChI=1S/C14H25N5O/c1-4-5-15-13-16-12(10-11(2)3)17-14(18-13)19-6-8-20-9-7-19/h11H,4-10H2,1-3H3,(H,15,16,17,18). The van der Waals surface area contributed by atoms with Gasteiger partial charge in [-0.15, -0.1) is 0 Å². The average molecular weight is 279 g/mol. The van der Waals surface area contributed by atoms with Gasteiger partial charge < -0.3 is 15.0 Å². The van der Waals surface area contributed by atoms with Crippen molar-refractivity contribution in [3.8, 4) is 0 Å². The van der Waals surface area contributed by atoms with Gasteiger partial charge in [0.2, 0.25) is 11.9 Å². The van der Waals surface area contributed by atoms with Crippen molar-refractivity contribution in [3.63, 3.8) is 0 Å². The van der Waals surface area contributed by atoms with Gasteiger partial charge in [0, 0.05) is 26.1 Å². The van der Waals surface area contributed by atoms with E-state index in [1.807, 2.05) is 0 Å². The number of hydrogen-bond donors (Lipinski definition) is 1. The molecule has 0 saturated carbocycles. The molecule has 0 unspecified atom stereocenters. The second kappa shape index (κ2) is 7.38. The molecule has 6 heteroatoms. The molecule has 112 valence electrons. The topological polar surface area (TPSA) is 63.2 Å². The molecule has 2 rings (SSSR count). The predicted molar refractivity (Wildman–Crippen MR) is 80.2 cm³/mol. The van der Waals surface area contributed by atoms with Gasteiger partial charge in [-0.2, -0.15) is 15.0 Å². The molecule has 6 nitrogen and oxygen atoms in total. The van der Waals surface area contributed by atoms with Gasteiger partial charge >= 0.3 is 0 Å². The molecule has 0 bridgehead atoms. The summed E-state index contributed by atoms with van der Waals surface area (Å²) in [4.78, 5) is 15.8. The first kappa shape index (κ1) is 15.0. The van der Waals surface area contributed by atoms with Crippen molar-refractivity contribution in [2.75, 3.05) is 43.1 Å². The lowest BCUT2D eigenvalue weighted by Gasteiger charge is -2.27. The second-order valence-corrected chi connectivity index (χ2v) is 5.50. The molecule has 1 aliphatic heterocycles. The van der Waals surface area contributed by atoms with E-state index in [0.717, 1.165) is 57.5 Å². The first-order valence-corrected chi connectivity index (χ1v) is 7.50. The molecule has 1 fully saturated rings. The summed E-state index contributed by atoms with van der Waals surface area (Å²) in [5.41, 5.74) is 0. The number of nitrogens with zero attached hydrogens (tertiary/aromatic N) is 4. The Kier molecular flexibility index (Phi) is 5.52. The number of aromatic nitrogens is 3. The summed E-state index contributed by atoms with van der Waals surface area (Å²) < 4.78 is 5.38. The maximum absolute atomic E-state index is 5.38. The van der Waals surface area contributed by atoms with Gasteiger partial charge in [0.25, 0.3) is 0 Å². The van der Waals surface area contributed by atoms with Crippen LogP contribution in [0.4, 0.5) is 11.9 Å². The van der Waals surface area contributed by atoms with Gasteiger partial charge in [-0.25, -0.2) is 0 Å². The zero-order valence-electron chi connectivity index (χ0n) is 12.7. The quantitative estimate of drug-likeness (QED) is 0.855. The van der Waals surface area contributed by atoms with Crippen molar-refractivity contribution < 1.29 is 4.74 Å². The molecule has 0 aliphatic carbocycles. The van der Waals surface area contributed by atoms with Crippen LogP contribution in [-0.4, -0.2) is 47.8 Å². The largest absolute Gasteiger partial charge is 0.378 e. The first-order valence-electron chi connectivity index (χ1n) is 7.50. The zero-order chi connectivity index (χ0) is 14.4. The van der Waals surface area contributed by atoms with Crippen LogP contribution in [0, 0.1) is 5.92 Å². The van der Waals surface area contributed by atoms with Crippen molar-refractivity contribution in [3.05, 3.63) is 5.82 Å². The van der Waals surface area contributed by atoms with E-state index in [-0.39, 0.29) is 0 Å². The third-order valence-corrected chi connectivity index (χ3v) is 3.09. The highest BCUT2D eigenvalue weighted by Crippen LogP contribution is 2.14. The van der Waals surface area contributed by atoms with Gasteiger partial charge in [0.1, 0.15) is 5.82 Å². The predicted octanol–water partition coefficient (Wildman–Crippen LogP) is 1.73. The Bertz CT molecular complexity index is 418. The second-order valence-electron chi connectivity index (χ2n) is 5.50. The molecule has 0 spiro atoms. The zero-order valence-corrected chi connectivity index (χ0v) is 12.7. The number of anilines is 2. The van der Waals surface area contributed by atoms with Gasteiger partial charge in [0.15, 0.2) is 0 Å². The van der Waals surface area contributed by atoms with Crippen molar-refractivity contribution in [1.82, 2.24) is 15.0 Å². The smallest absolute Gasteiger partial charge is 0.230 e. The fraction of sp³-hybridized carbons (Fsp3) is 0.786. The number of ether oxygens (including phenoxy) is 1. The molecule has 0 atom stereocenters. The van der Waals surface area contributed by atoms with Crippen molar-refractivity contribution in [2.24, 2.45) is 5.92 Å². The minimum atomic E-state index is 0.536. The Morgan fingerprint density at radius 1 is 1.20 bits per heavy atom. The number of rotatable bonds is 6. The van der Waals surface area contributed by atoms with Crippen molar-refractivity contribution in [2.45, 2.75) is 33.6 Å². The molecule has 0 amide bonds. The van der Waals surface area contributed by atoms with Crippen LogP contribution < -0.4 is 10.2 Å². The summed E-state index contributed by atoms with van der Waals surface area (Å²) in [5, 5.41) is 3.27. The van der Waals surface area contributed by atoms with Crippen LogP contribution in [0.2, 0.25) is 0 Å². The lowest BCUT2D eigenvalue weighted by Crippen LogP contribution is -2.37. The molecular formula is C14H25N5O. The van der Waals surface area contributed by atoms with Crippen LogP contribution in [0.25, 0.3) is 0 Å². The molecule has 1 saturated heterocycles. The molecule has 2 heterocycles. The van der Waals surface area contributed by atoms with E-state index < -0.39 is 0 Å². The van der Waals surface area contributed by atoms with Crippen molar-refractivity contribution in [1.29, 1.82) is 0 Å². The van der Waals surface area contributed by atoms with E-state index in [1.54, 1.807) is 0 Å². The first-order chi connectivity index (χ1) is 9.69. The maximum Gasteiger partial charge on any atom is 0.230 e. The Labute approximate surface area is 121 Å². The van der Waals surface area contributed by atoms with E-state index in [4.69, 9.17) is 4.74 Å². The monoisotopic (exact) mass is 279 g/mol. The molecular weight excluding hydrogens is 254 g/mol. The van der Waals surface area contributed by atoms with E-state index in [1.165, 1.54) is 0 Å². The SMILES string of the molecule is CCCNc1nc(CC(C)C)nc(N2CCOCC2)n1. The molecule has 0 radical (unpaired) electrons. The summed E-state index contributed by atoms with van der Waals surface area (Å²) in [5.74, 6) is 2.88. The van der Waals surface area contributed by atoms with Crippen LogP contribution >= 0.6 is 0 Å². The summed E-state index contributed by atoms with van der Waals surface area (Å²) >= 11 is 0. The Morgan fingerprint density at radius 2 is 1.95 bits per heavy atom. The van der Waals surface area contributed by atoms with E-state index >= 15 is 0 Å². The van der Waals surface area contributed by atoms with Crippen LogP contribution in [0.1, 0.15) is 33.0 Å². The maximum atomic E-state index is 5.38. The fourth-order valence-electron chi connectivity index (χ4n) is 2.08.